The average molecular weight is 382 g/mol. The van der Waals surface area contributed by atoms with Crippen molar-refractivity contribution < 1.29 is 24.9 Å². The van der Waals surface area contributed by atoms with Crippen LogP contribution in [0.5, 0.6) is 17.2 Å². The Hall–Kier alpha value is -2.95. The van der Waals surface area contributed by atoms with Crippen LogP contribution in [0.4, 0.5) is 0 Å². The molecule has 0 amide bonds. The van der Waals surface area contributed by atoms with E-state index in [1.165, 1.54) is 24.3 Å². The Labute approximate surface area is 164 Å². The summed E-state index contributed by atoms with van der Waals surface area (Å²) in [5.74, 6) is -1.06. The van der Waals surface area contributed by atoms with Gasteiger partial charge in [-0.25, -0.2) is 4.79 Å². The van der Waals surface area contributed by atoms with Gasteiger partial charge in [-0.05, 0) is 60.9 Å². The maximum Gasteiger partial charge on any atom is 0.340 e. The maximum atomic E-state index is 12.1. The van der Waals surface area contributed by atoms with Gasteiger partial charge >= 0.3 is 5.97 Å². The molecule has 0 aliphatic heterocycles. The lowest BCUT2D eigenvalue weighted by atomic mass is 9.68. The molecule has 0 aromatic heterocycles. The van der Waals surface area contributed by atoms with Crippen LogP contribution in [0.3, 0.4) is 0 Å². The van der Waals surface area contributed by atoms with Gasteiger partial charge in [0.25, 0.3) is 0 Å². The molecule has 0 radical (unpaired) electrons. The Balaban J connectivity index is 2.12. The molecule has 5 heteroatoms. The zero-order chi connectivity index (χ0) is 20.7. The molecule has 1 unspecified atom stereocenters. The van der Waals surface area contributed by atoms with E-state index in [0.717, 1.165) is 18.4 Å². The van der Waals surface area contributed by atoms with E-state index in [-0.39, 0.29) is 28.2 Å². The number of carboxylic acid groups (broad SMARTS) is 1. The van der Waals surface area contributed by atoms with Gasteiger partial charge in [-0.2, -0.15) is 0 Å². The summed E-state index contributed by atoms with van der Waals surface area (Å²) < 4.78 is 6.26. The molecule has 1 fully saturated rings. The average Bonchev–Trinajstić information content (AvgIpc) is 2.58. The Morgan fingerprint density at radius 3 is 2.32 bits per heavy atom. The minimum atomic E-state index is -1.15. The normalized spacial score (nSPS) is 21.3. The first-order valence-corrected chi connectivity index (χ1v) is 9.28. The van der Waals surface area contributed by atoms with E-state index in [1.807, 2.05) is 6.92 Å². The van der Waals surface area contributed by atoms with Gasteiger partial charge < -0.3 is 20.1 Å². The van der Waals surface area contributed by atoms with Crippen LogP contribution in [-0.4, -0.2) is 26.9 Å². The van der Waals surface area contributed by atoms with Crippen LogP contribution < -0.4 is 4.74 Å². The fraction of sp³-hybridized carbons (Fsp3) is 0.348. The third kappa shape index (κ3) is 3.84. The fourth-order valence-corrected chi connectivity index (χ4v) is 4.00. The number of phenols is 2. The second-order valence-corrected chi connectivity index (χ2v) is 8.50. The van der Waals surface area contributed by atoms with Crippen LogP contribution in [0, 0.1) is 5.41 Å². The summed E-state index contributed by atoms with van der Waals surface area (Å²) in [4.78, 5) is 12.1. The first-order valence-electron chi connectivity index (χ1n) is 9.28. The molecule has 3 N–H and O–H groups in total. The summed E-state index contributed by atoms with van der Waals surface area (Å²) in [7, 11) is 0. The molecule has 0 saturated heterocycles. The fourth-order valence-electron chi connectivity index (χ4n) is 4.00. The molecule has 0 spiro atoms. The minimum Gasteiger partial charge on any atom is -0.508 e. The summed E-state index contributed by atoms with van der Waals surface area (Å²) in [5, 5.41) is 29.7. The van der Waals surface area contributed by atoms with Crippen molar-refractivity contribution in [3.05, 3.63) is 54.1 Å². The van der Waals surface area contributed by atoms with Crippen molar-refractivity contribution in [2.45, 2.75) is 45.6 Å². The number of rotatable bonds is 4. The number of phenolic OH excluding ortho intramolecular Hbond substituents is 2. The van der Waals surface area contributed by atoms with E-state index in [2.05, 4.69) is 20.4 Å². The molecule has 3 rings (SSSR count). The van der Waals surface area contributed by atoms with Gasteiger partial charge in [0, 0.05) is 11.6 Å². The van der Waals surface area contributed by atoms with Crippen LogP contribution in [-0.2, 0) is 0 Å². The highest BCUT2D eigenvalue weighted by molar-refractivity contribution is 5.99. The highest BCUT2D eigenvalue weighted by atomic mass is 16.5. The number of aromatic carboxylic acids is 1. The third-order valence-electron chi connectivity index (χ3n) is 5.48. The topological polar surface area (TPSA) is 87.0 Å². The second kappa shape index (κ2) is 6.89. The molecule has 1 aliphatic carbocycles. The van der Waals surface area contributed by atoms with Gasteiger partial charge in [-0.3, -0.25) is 0 Å². The predicted octanol–water partition coefficient (Wildman–Crippen LogP) is 5.37. The van der Waals surface area contributed by atoms with Crippen molar-refractivity contribution in [1.29, 1.82) is 0 Å². The number of carbonyl (C=O) groups is 1. The van der Waals surface area contributed by atoms with E-state index in [0.29, 0.717) is 17.5 Å². The summed E-state index contributed by atoms with van der Waals surface area (Å²) >= 11 is 0. The van der Waals surface area contributed by atoms with Gasteiger partial charge in [0.05, 0.1) is 0 Å². The SMILES string of the molecule is C=C1CCC(C)(C)CC1(C)Oc1cc(O)cc(-c2ccc(O)cc2)c1C(=O)O. The molecule has 1 aliphatic rings. The lowest BCUT2D eigenvalue weighted by Gasteiger charge is -2.44. The summed E-state index contributed by atoms with van der Waals surface area (Å²) in [6.07, 6.45) is 2.49. The molecule has 148 valence electrons. The molecule has 1 saturated carbocycles. The van der Waals surface area contributed by atoms with E-state index in [1.54, 1.807) is 12.1 Å². The van der Waals surface area contributed by atoms with Crippen LogP contribution in [0.15, 0.2) is 48.6 Å². The molecular weight excluding hydrogens is 356 g/mol. The first-order chi connectivity index (χ1) is 13.0. The van der Waals surface area contributed by atoms with Crippen molar-refractivity contribution in [2.75, 3.05) is 0 Å². The first kappa shape index (κ1) is 19.8. The predicted molar refractivity (Wildman–Crippen MR) is 108 cm³/mol. The van der Waals surface area contributed by atoms with E-state index in [4.69, 9.17) is 4.74 Å². The van der Waals surface area contributed by atoms with Crippen LogP contribution in [0.2, 0.25) is 0 Å². The molecule has 0 heterocycles. The van der Waals surface area contributed by atoms with Gasteiger partial charge in [0.15, 0.2) is 0 Å². The highest BCUT2D eigenvalue weighted by Crippen LogP contribution is 2.47. The number of hydrogen-bond donors (Lipinski definition) is 3. The summed E-state index contributed by atoms with van der Waals surface area (Å²) in [5.41, 5.74) is 1.08. The second-order valence-electron chi connectivity index (χ2n) is 8.50. The van der Waals surface area contributed by atoms with Crippen LogP contribution in [0.25, 0.3) is 11.1 Å². The standard InChI is InChI=1S/C23H26O5/c1-14-9-10-22(2,3)13-23(14,4)28-19-12-17(25)11-18(20(19)21(26)27)15-5-7-16(24)8-6-15/h5-8,11-12,24-25H,1,9-10,13H2,2-4H3,(H,26,27). The quantitative estimate of drug-likeness (QED) is 0.619. The Morgan fingerprint density at radius 1 is 1.07 bits per heavy atom. The minimum absolute atomic E-state index is 0.0269. The largest absolute Gasteiger partial charge is 0.508 e. The van der Waals surface area contributed by atoms with Gasteiger partial charge in [-0.1, -0.05) is 32.6 Å². The molecular formula is C23H26O5. The van der Waals surface area contributed by atoms with Crippen LogP contribution in [0.1, 0.15) is 50.4 Å². The summed E-state index contributed by atoms with van der Waals surface area (Å²) in [6, 6.07) is 8.88. The Bertz CT molecular complexity index is 927. The Morgan fingerprint density at radius 2 is 1.71 bits per heavy atom. The van der Waals surface area contributed by atoms with Gasteiger partial charge in [0.2, 0.25) is 0 Å². The van der Waals surface area contributed by atoms with Crippen LogP contribution >= 0.6 is 0 Å². The number of aromatic hydroxyl groups is 2. The van der Waals surface area contributed by atoms with Gasteiger partial charge in [0.1, 0.15) is 28.4 Å². The maximum absolute atomic E-state index is 12.1. The molecule has 0 bridgehead atoms. The summed E-state index contributed by atoms with van der Waals surface area (Å²) in [6.45, 7) is 10.4. The smallest absolute Gasteiger partial charge is 0.340 e. The van der Waals surface area contributed by atoms with E-state index in [9.17, 15) is 20.1 Å². The lowest BCUT2D eigenvalue weighted by Crippen LogP contribution is -2.43. The van der Waals surface area contributed by atoms with Crippen molar-refractivity contribution in [1.82, 2.24) is 0 Å². The zero-order valence-electron chi connectivity index (χ0n) is 16.5. The number of benzene rings is 2. The monoisotopic (exact) mass is 382 g/mol. The highest BCUT2D eigenvalue weighted by Gasteiger charge is 2.41. The zero-order valence-corrected chi connectivity index (χ0v) is 16.5. The number of ether oxygens (including phenoxy) is 1. The van der Waals surface area contributed by atoms with Crippen molar-refractivity contribution >= 4 is 5.97 Å². The van der Waals surface area contributed by atoms with E-state index < -0.39 is 11.6 Å². The molecule has 5 nitrogen and oxygen atoms in total. The molecule has 2 aromatic rings. The lowest BCUT2D eigenvalue weighted by molar-refractivity contribution is 0.0416. The Kier molecular flexibility index (Phi) is 4.88. The van der Waals surface area contributed by atoms with Gasteiger partial charge in [-0.15, -0.1) is 0 Å². The molecule has 2 aromatic carbocycles. The number of carboxylic acids is 1. The number of hydrogen-bond acceptors (Lipinski definition) is 4. The van der Waals surface area contributed by atoms with Crippen molar-refractivity contribution in [2.24, 2.45) is 5.41 Å². The van der Waals surface area contributed by atoms with Crippen molar-refractivity contribution in [3.8, 4) is 28.4 Å². The van der Waals surface area contributed by atoms with Crippen molar-refractivity contribution in [3.63, 3.8) is 0 Å². The molecule has 28 heavy (non-hydrogen) atoms. The van der Waals surface area contributed by atoms with E-state index >= 15 is 0 Å². The third-order valence-corrected chi connectivity index (χ3v) is 5.48. The molecule has 1 atom stereocenters.